The predicted molar refractivity (Wildman–Crippen MR) is 68.3 cm³/mol. The normalized spacial score (nSPS) is 23.2. The van der Waals surface area contributed by atoms with Crippen LogP contribution >= 0.6 is 0 Å². The number of rotatable bonds is 2. The average molecular weight is 230 g/mol. The molecule has 90 valence electrons. The largest absolute Gasteiger partial charge is 0.315 e. The number of likely N-dealkylation sites (N-methyl/N-ethyl adjacent to an activating group) is 1. The Hall–Kier alpha value is -1.35. The van der Waals surface area contributed by atoms with Gasteiger partial charge < -0.3 is 10.2 Å². The minimum absolute atomic E-state index is 0.238. The van der Waals surface area contributed by atoms with Crippen molar-refractivity contribution in [3.05, 3.63) is 29.3 Å². The van der Waals surface area contributed by atoms with Crippen LogP contribution in [-0.2, 0) is 17.6 Å². The standard InChI is InChI=1S/C14H18N2O/c1-15-12-8-14(17)16(9-12)13-6-5-10-3-2-4-11(10)7-13/h5-7,12,15H,2-4,8-9H2,1H3. The van der Waals surface area contributed by atoms with Crippen LogP contribution in [0.5, 0.6) is 0 Å². The summed E-state index contributed by atoms with van der Waals surface area (Å²) in [5, 5.41) is 3.18. The lowest BCUT2D eigenvalue weighted by Gasteiger charge is -2.17. The van der Waals surface area contributed by atoms with Crippen molar-refractivity contribution in [2.75, 3.05) is 18.5 Å². The summed E-state index contributed by atoms with van der Waals surface area (Å²) in [5.41, 5.74) is 3.97. The third-order valence-electron chi connectivity index (χ3n) is 3.93. The van der Waals surface area contributed by atoms with E-state index in [9.17, 15) is 4.79 Å². The van der Waals surface area contributed by atoms with E-state index in [1.165, 1.54) is 30.4 Å². The van der Waals surface area contributed by atoms with Gasteiger partial charge in [-0.1, -0.05) is 6.07 Å². The summed E-state index contributed by atoms with van der Waals surface area (Å²) in [6.07, 6.45) is 4.24. The number of aryl methyl sites for hydroxylation is 2. The number of benzene rings is 1. The first kappa shape index (κ1) is 10.8. The molecule has 0 bridgehead atoms. The number of amides is 1. The van der Waals surface area contributed by atoms with Crippen LogP contribution in [0.1, 0.15) is 24.0 Å². The van der Waals surface area contributed by atoms with Gasteiger partial charge in [-0.15, -0.1) is 0 Å². The lowest BCUT2D eigenvalue weighted by molar-refractivity contribution is -0.117. The third-order valence-corrected chi connectivity index (χ3v) is 3.93. The number of carbonyl (C=O) groups excluding carboxylic acids is 1. The van der Waals surface area contributed by atoms with Crippen molar-refractivity contribution in [2.24, 2.45) is 0 Å². The maximum absolute atomic E-state index is 11.9. The maximum atomic E-state index is 11.9. The molecule has 2 aliphatic rings. The molecule has 17 heavy (non-hydrogen) atoms. The number of nitrogens with one attached hydrogen (secondary N) is 1. The Labute approximate surface area is 102 Å². The number of anilines is 1. The summed E-state index contributed by atoms with van der Waals surface area (Å²) >= 11 is 0. The average Bonchev–Trinajstić information content (AvgIpc) is 2.93. The molecule has 1 saturated heterocycles. The number of carbonyl (C=O) groups is 1. The molecule has 1 N–H and O–H groups in total. The van der Waals surface area contributed by atoms with Crippen molar-refractivity contribution >= 4 is 11.6 Å². The van der Waals surface area contributed by atoms with Crippen LogP contribution in [0.2, 0.25) is 0 Å². The van der Waals surface area contributed by atoms with Gasteiger partial charge in [0.1, 0.15) is 0 Å². The Morgan fingerprint density at radius 1 is 1.29 bits per heavy atom. The van der Waals surface area contributed by atoms with Gasteiger partial charge in [0.05, 0.1) is 0 Å². The number of nitrogens with zero attached hydrogens (tertiary/aromatic N) is 1. The first-order chi connectivity index (χ1) is 8.28. The highest BCUT2D eigenvalue weighted by Crippen LogP contribution is 2.28. The molecule has 0 spiro atoms. The lowest BCUT2D eigenvalue weighted by atomic mass is 10.1. The van der Waals surface area contributed by atoms with Gasteiger partial charge in [-0.05, 0) is 49.6 Å². The fourth-order valence-corrected chi connectivity index (χ4v) is 2.88. The van der Waals surface area contributed by atoms with Gasteiger partial charge in [0.2, 0.25) is 5.91 Å². The molecule has 1 aromatic carbocycles. The molecule has 3 heteroatoms. The van der Waals surface area contributed by atoms with E-state index in [4.69, 9.17) is 0 Å². The summed E-state index contributed by atoms with van der Waals surface area (Å²) in [4.78, 5) is 13.8. The summed E-state index contributed by atoms with van der Waals surface area (Å²) < 4.78 is 0. The topological polar surface area (TPSA) is 32.3 Å². The van der Waals surface area contributed by atoms with Crippen molar-refractivity contribution in [1.29, 1.82) is 0 Å². The van der Waals surface area contributed by atoms with Gasteiger partial charge in [-0.25, -0.2) is 0 Å². The van der Waals surface area contributed by atoms with Crippen molar-refractivity contribution in [1.82, 2.24) is 5.32 Å². The van der Waals surface area contributed by atoms with E-state index in [1.807, 2.05) is 11.9 Å². The highest BCUT2D eigenvalue weighted by atomic mass is 16.2. The monoisotopic (exact) mass is 230 g/mol. The molecule has 1 aliphatic carbocycles. The Morgan fingerprint density at radius 2 is 2.12 bits per heavy atom. The number of hydrogen-bond acceptors (Lipinski definition) is 2. The molecular formula is C14H18N2O. The second-order valence-corrected chi connectivity index (χ2v) is 5.00. The molecule has 3 rings (SSSR count). The van der Waals surface area contributed by atoms with Gasteiger partial charge in [-0.2, -0.15) is 0 Å². The van der Waals surface area contributed by atoms with Crippen LogP contribution in [0.3, 0.4) is 0 Å². The molecule has 1 fully saturated rings. The van der Waals surface area contributed by atoms with Gasteiger partial charge in [0.25, 0.3) is 0 Å². The van der Waals surface area contributed by atoms with Crippen molar-refractivity contribution in [2.45, 2.75) is 31.7 Å². The van der Waals surface area contributed by atoms with Crippen LogP contribution < -0.4 is 10.2 Å². The predicted octanol–water partition coefficient (Wildman–Crippen LogP) is 1.50. The van der Waals surface area contributed by atoms with E-state index < -0.39 is 0 Å². The SMILES string of the molecule is CNC1CC(=O)N(c2ccc3c(c2)CCC3)C1. The third kappa shape index (κ3) is 1.84. The minimum atomic E-state index is 0.238. The zero-order chi connectivity index (χ0) is 11.8. The van der Waals surface area contributed by atoms with Crippen molar-refractivity contribution in [3.8, 4) is 0 Å². The summed E-state index contributed by atoms with van der Waals surface area (Å²) in [6.45, 7) is 0.800. The van der Waals surface area contributed by atoms with Crippen LogP contribution in [-0.4, -0.2) is 25.5 Å². The fraction of sp³-hybridized carbons (Fsp3) is 0.500. The molecule has 1 unspecified atom stereocenters. The van der Waals surface area contributed by atoms with E-state index in [0.29, 0.717) is 12.5 Å². The van der Waals surface area contributed by atoms with Gasteiger partial charge in [0.15, 0.2) is 0 Å². The summed E-state index contributed by atoms with van der Waals surface area (Å²) in [7, 11) is 1.92. The van der Waals surface area contributed by atoms with E-state index in [2.05, 4.69) is 23.5 Å². The van der Waals surface area contributed by atoms with Crippen molar-refractivity contribution in [3.63, 3.8) is 0 Å². The minimum Gasteiger partial charge on any atom is -0.315 e. The number of hydrogen-bond donors (Lipinski definition) is 1. The van der Waals surface area contributed by atoms with Crippen LogP contribution in [0.15, 0.2) is 18.2 Å². The Balaban J connectivity index is 1.87. The highest BCUT2D eigenvalue weighted by molar-refractivity contribution is 5.96. The first-order valence-electron chi connectivity index (χ1n) is 6.37. The first-order valence-corrected chi connectivity index (χ1v) is 6.37. The van der Waals surface area contributed by atoms with E-state index in [1.54, 1.807) is 0 Å². The molecule has 0 aromatic heterocycles. The van der Waals surface area contributed by atoms with Crippen LogP contribution in [0.25, 0.3) is 0 Å². The molecule has 1 heterocycles. The van der Waals surface area contributed by atoms with Crippen molar-refractivity contribution < 1.29 is 4.79 Å². The molecule has 1 atom stereocenters. The summed E-state index contributed by atoms with van der Waals surface area (Å²) in [5.74, 6) is 0.238. The van der Waals surface area contributed by atoms with E-state index in [-0.39, 0.29) is 5.91 Å². The lowest BCUT2D eigenvalue weighted by Crippen LogP contribution is -2.30. The molecule has 1 aromatic rings. The quantitative estimate of drug-likeness (QED) is 0.835. The maximum Gasteiger partial charge on any atom is 0.228 e. The molecule has 3 nitrogen and oxygen atoms in total. The zero-order valence-electron chi connectivity index (χ0n) is 10.2. The van der Waals surface area contributed by atoms with Crippen LogP contribution in [0.4, 0.5) is 5.69 Å². The van der Waals surface area contributed by atoms with E-state index in [0.717, 1.165) is 12.2 Å². The Bertz CT molecular complexity index is 456. The van der Waals surface area contributed by atoms with Gasteiger partial charge in [0, 0.05) is 24.7 Å². The second kappa shape index (κ2) is 4.15. The Kier molecular flexibility index (Phi) is 2.63. The molecule has 0 saturated carbocycles. The second-order valence-electron chi connectivity index (χ2n) is 5.00. The zero-order valence-corrected chi connectivity index (χ0v) is 10.2. The number of fused-ring (bicyclic) bond motifs is 1. The van der Waals surface area contributed by atoms with E-state index >= 15 is 0 Å². The molecule has 1 aliphatic heterocycles. The fourth-order valence-electron chi connectivity index (χ4n) is 2.88. The molecular weight excluding hydrogens is 212 g/mol. The molecule has 1 amide bonds. The summed E-state index contributed by atoms with van der Waals surface area (Å²) in [6, 6.07) is 6.80. The Morgan fingerprint density at radius 3 is 2.88 bits per heavy atom. The highest BCUT2D eigenvalue weighted by Gasteiger charge is 2.29. The smallest absolute Gasteiger partial charge is 0.228 e. The van der Waals surface area contributed by atoms with Gasteiger partial charge in [-0.3, -0.25) is 4.79 Å². The van der Waals surface area contributed by atoms with Gasteiger partial charge >= 0.3 is 0 Å². The molecule has 0 radical (unpaired) electrons. The van der Waals surface area contributed by atoms with Crippen LogP contribution in [0, 0.1) is 0 Å².